The highest BCUT2D eigenvalue weighted by atomic mass is 31.2. The zero-order valence-electron chi connectivity index (χ0n) is 10.3. The first-order chi connectivity index (χ1) is 8.00. The van der Waals surface area contributed by atoms with Crippen LogP contribution >= 0.6 is 7.37 Å². The van der Waals surface area contributed by atoms with Gasteiger partial charge >= 0.3 is 5.97 Å². The maximum absolute atomic E-state index is 12.8. The van der Waals surface area contributed by atoms with Gasteiger partial charge in [-0.05, 0) is 26.0 Å². The quantitative estimate of drug-likeness (QED) is 0.600. The van der Waals surface area contributed by atoms with E-state index in [4.69, 9.17) is 9.26 Å². The monoisotopic (exact) mass is 256 g/mol. The van der Waals surface area contributed by atoms with Gasteiger partial charge in [-0.1, -0.05) is 18.2 Å². The molecule has 0 amide bonds. The van der Waals surface area contributed by atoms with E-state index < -0.39 is 19.2 Å². The second-order valence-electron chi connectivity index (χ2n) is 3.56. The molecule has 1 aromatic carbocycles. The van der Waals surface area contributed by atoms with Gasteiger partial charge < -0.3 is 9.26 Å². The van der Waals surface area contributed by atoms with E-state index in [2.05, 4.69) is 0 Å². The molecule has 5 heteroatoms. The van der Waals surface area contributed by atoms with Crippen molar-refractivity contribution in [2.24, 2.45) is 0 Å². The van der Waals surface area contributed by atoms with Gasteiger partial charge in [-0.3, -0.25) is 9.36 Å². The smallest absolute Gasteiger partial charge is 0.303 e. The zero-order chi connectivity index (χ0) is 12.9. The molecule has 94 valence electrons. The van der Waals surface area contributed by atoms with Gasteiger partial charge in [0.2, 0.25) is 0 Å². The van der Waals surface area contributed by atoms with Gasteiger partial charge in [0.25, 0.3) is 7.37 Å². The molecular weight excluding hydrogens is 239 g/mol. The van der Waals surface area contributed by atoms with E-state index in [-0.39, 0.29) is 0 Å². The summed E-state index contributed by atoms with van der Waals surface area (Å²) in [5.41, 5.74) is 0. The van der Waals surface area contributed by atoms with Crippen LogP contribution in [0, 0.1) is 0 Å². The van der Waals surface area contributed by atoms with Crippen LogP contribution < -0.4 is 5.30 Å². The normalized spacial score (nSPS) is 15.9. The molecule has 0 heterocycles. The van der Waals surface area contributed by atoms with Crippen molar-refractivity contribution in [3.8, 4) is 0 Å². The number of ether oxygens (including phenoxy) is 1. The van der Waals surface area contributed by atoms with Crippen molar-refractivity contribution < 1.29 is 18.6 Å². The lowest BCUT2D eigenvalue weighted by molar-refractivity contribution is -0.142. The molecule has 0 radical (unpaired) electrons. The van der Waals surface area contributed by atoms with E-state index in [1.54, 1.807) is 38.1 Å². The van der Waals surface area contributed by atoms with Gasteiger partial charge in [0.1, 0.15) is 0 Å². The number of hydrogen-bond donors (Lipinski definition) is 0. The van der Waals surface area contributed by atoms with Gasteiger partial charge in [0.15, 0.2) is 5.85 Å². The Labute approximate surface area is 101 Å². The molecule has 0 aliphatic heterocycles. The summed E-state index contributed by atoms with van der Waals surface area (Å²) in [6.07, 6.45) is 0. The SMILES string of the molecule is CCOP(=O)(c1ccccc1)[C@@H](C)OC(C)=O. The Morgan fingerprint density at radius 1 is 1.35 bits per heavy atom. The molecule has 0 fully saturated rings. The van der Waals surface area contributed by atoms with E-state index in [1.165, 1.54) is 6.92 Å². The van der Waals surface area contributed by atoms with Crippen LogP contribution in [-0.4, -0.2) is 18.4 Å². The molecule has 0 bridgehead atoms. The highest BCUT2D eigenvalue weighted by Gasteiger charge is 2.35. The fraction of sp³-hybridized carbons (Fsp3) is 0.417. The summed E-state index contributed by atoms with van der Waals surface area (Å²) in [4.78, 5) is 10.9. The molecule has 0 spiro atoms. The van der Waals surface area contributed by atoms with Crippen LogP contribution in [0.25, 0.3) is 0 Å². The second kappa shape index (κ2) is 5.99. The van der Waals surface area contributed by atoms with Crippen LogP contribution in [-0.2, 0) is 18.6 Å². The molecular formula is C12H17O4P. The Morgan fingerprint density at radius 3 is 2.41 bits per heavy atom. The highest BCUT2D eigenvalue weighted by Crippen LogP contribution is 2.50. The molecule has 0 aromatic heterocycles. The van der Waals surface area contributed by atoms with Crippen LogP contribution in [0.3, 0.4) is 0 Å². The van der Waals surface area contributed by atoms with Crippen molar-refractivity contribution in [3.63, 3.8) is 0 Å². The number of carbonyl (C=O) groups excluding carboxylic acids is 1. The lowest BCUT2D eigenvalue weighted by Crippen LogP contribution is -2.21. The zero-order valence-corrected chi connectivity index (χ0v) is 11.1. The third kappa shape index (κ3) is 3.42. The third-order valence-electron chi connectivity index (χ3n) is 2.25. The molecule has 0 saturated carbocycles. The van der Waals surface area contributed by atoms with E-state index in [0.717, 1.165) is 0 Å². The van der Waals surface area contributed by atoms with Crippen LogP contribution in [0.15, 0.2) is 30.3 Å². The first kappa shape index (κ1) is 13.9. The minimum absolute atomic E-state index is 0.303. The lowest BCUT2D eigenvalue weighted by atomic mass is 10.4. The summed E-state index contributed by atoms with van der Waals surface area (Å²) in [6.45, 7) is 4.94. The average Bonchev–Trinajstić information content (AvgIpc) is 2.29. The molecule has 0 aliphatic rings. The second-order valence-corrected chi connectivity index (χ2v) is 6.25. The van der Waals surface area contributed by atoms with Crippen LogP contribution in [0.5, 0.6) is 0 Å². The first-order valence-electron chi connectivity index (χ1n) is 5.47. The molecule has 0 N–H and O–H groups in total. The molecule has 17 heavy (non-hydrogen) atoms. The standard InChI is InChI=1S/C12H17O4P/c1-4-15-17(14,11(3)16-10(2)13)12-8-6-5-7-9-12/h5-9,11H,4H2,1-3H3/t11-,17?/m0/s1. The van der Waals surface area contributed by atoms with Crippen molar-refractivity contribution in [2.75, 3.05) is 6.61 Å². The van der Waals surface area contributed by atoms with Gasteiger partial charge in [-0.2, -0.15) is 0 Å². The number of rotatable bonds is 5. The summed E-state index contributed by atoms with van der Waals surface area (Å²) < 4.78 is 23.1. The lowest BCUT2D eigenvalue weighted by Gasteiger charge is -2.24. The molecule has 1 rings (SSSR count). The van der Waals surface area contributed by atoms with Crippen LogP contribution in [0.2, 0.25) is 0 Å². The van der Waals surface area contributed by atoms with Crippen molar-refractivity contribution in [2.45, 2.75) is 26.6 Å². The Morgan fingerprint density at radius 2 is 1.94 bits per heavy atom. The van der Waals surface area contributed by atoms with Gasteiger partial charge in [0.05, 0.1) is 6.61 Å². The van der Waals surface area contributed by atoms with Gasteiger partial charge in [0, 0.05) is 12.2 Å². The Bertz CT molecular complexity index is 416. The number of hydrogen-bond acceptors (Lipinski definition) is 4. The number of esters is 1. The van der Waals surface area contributed by atoms with Crippen molar-refractivity contribution in [3.05, 3.63) is 30.3 Å². The maximum atomic E-state index is 12.8. The molecule has 0 saturated heterocycles. The Hall–Kier alpha value is -1.12. The first-order valence-corrected chi connectivity index (χ1v) is 7.17. The highest BCUT2D eigenvalue weighted by molar-refractivity contribution is 7.67. The van der Waals surface area contributed by atoms with E-state index >= 15 is 0 Å². The maximum Gasteiger partial charge on any atom is 0.303 e. The minimum atomic E-state index is -3.16. The van der Waals surface area contributed by atoms with Gasteiger partial charge in [-0.25, -0.2) is 0 Å². The summed E-state index contributed by atoms with van der Waals surface area (Å²) >= 11 is 0. The summed E-state index contributed by atoms with van der Waals surface area (Å²) in [6, 6.07) is 8.83. The predicted molar refractivity (Wildman–Crippen MR) is 66.5 cm³/mol. The third-order valence-corrected chi connectivity index (χ3v) is 4.97. The number of carbonyl (C=O) groups is 1. The van der Waals surface area contributed by atoms with Gasteiger partial charge in [-0.15, -0.1) is 0 Å². The van der Waals surface area contributed by atoms with E-state index in [1.807, 2.05) is 6.07 Å². The Balaban J connectivity index is 3.05. The molecule has 2 atom stereocenters. The topological polar surface area (TPSA) is 52.6 Å². The van der Waals surface area contributed by atoms with Crippen molar-refractivity contribution >= 4 is 18.6 Å². The summed E-state index contributed by atoms with van der Waals surface area (Å²) in [5.74, 6) is -1.24. The molecule has 1 aromatic rings. The van der Waals surface area contributed by atoms with Crippen molar-refractivity contribution in [1.29, 1.82) is 0 Å². The van der Waals surface area contributed by atoms with Crippen LogP contribution in [0.4, 0.5) is 0 Å². The fourth-order valence-corrected chi connectivity index (χ4v) is 3.56. The fourth-order valence-electron chi connectivity index (χ4n) is 1.53. The summed E-state index contributed by atoms with van der Waals surface area (Å²) in [7, 11) is -3.16. The molecule has 1 unspecified atom stereocenters. The molecule has 0 aliphatic carbocycles. The molecule has 4 nitrogen and oxygen atoms in total. The predicted octanol–water partition coefficient (Wildman–Crippen LogP) is 2.54. The minimum Gasteiger partial charge on any atom is -0.452 e. The van der Waals surface area contributed by atoms with Crippen LogP contribution in [0.1, 0.15) is 20.8 Å². The largest absolute Gasteiger partial charge is 0.452 e. The van der Waals surface area contributed by atoms with Crippen molar-refractivity contribution in [1.82, 2.24) is 0 Å². The summed E-state index contributed by atoms with van der Waals surface area (Å²) in [5, 5.41) is 0.565. The number of benzene rings is 1. The Kier molecular flexibility index (Phi) is 4.91. The van der Waals surface area contributed by atoms with E-state index in [9.17, 15) is 9.36 Å². The van der Waals surface area contributed by atoms with E-state index in [0.29, 0.717) is 11.9 Å². The average molecular weight is 256 g/mol.